The smallest absolute Gasteiger partial charge is 0.287 e. The normalized spacial score (nSPS) is 10.2. The number of nitrogens with zero attached hydrogens (tertiary/aromatic N) is 1. The predicted molar refractivity (Wildman–Crippen MR) is 58.1 cm³/mol. The fraction of sp³-hybridized carbons (Fsp3) is 0.100. The van der Waals surface area contributed by atoms with E-state index >= 15 is 0 Å². The summed E-state index contributed by atoms with van der Waals surface area (Å²) in [5.74, 6) is -0.226. The zero-order valence-electron chi connectivity index (χ0n) is 8.14. The van der Waals surface area contributed by atoms with Gasteiger partial charge in [-0.3, -0.25) is 9.63 Å². The average molecular weight is 222 g/mol. The first-order chi connectivity index (χ1) is 7.33. The zero-order valence-corrected chi connectivity index (χ0v) is 8.95. The summed E-state index contributed by atoms with van der Waals surface area (Å²) < 4.78 is 1.89. The quantitative estimate of drug-likeness (QED) is 0.805. The SMILES string of the molecule is CONC(=O)c1sccc1-n1cccc1. The van der Waals surface area contributed by atoms with E-state index in [0.29, 0.717) is 4.88 Å². The van der Waals surface area contributed by atoms with Gasteiger partial charge in [-0.25, -0.2) is 5.48 Å². The first-order valence-electron chi connectivity index (χ1n) is 4.37. The molecule has 0 saturated heterocycles. The van der Waals surface area contributed by atoms with Crippen molar-refractivity contribution in [2.45, 2.75) is 0 Å². The van der Waals surface area contributed by atoms with Crippen LogP contribution in [0.5, 0.6) is 0 Å². The molecule has 0 atom stereocenters. The number of aromatic nitrogens is 1. The molecule has 2 heterocycles. The van der Waals surface area contributed by atoms with Crippen molar-refractivity contribution in [3.05, 3.63) is 40.8 Å². The second kappa shape index (κ2) is 4.29. The number of hydrogen-bond donors (Lipinski definition) is 1. The number of hydroxylamine groups is 1. The van der Waals surface area contributed by atoms with Gasteiger partial charge in [0.15, 0.2) is 0 Å². The Morgan fingerprint density at radius 1 is 1.47 bits per heavy atom. The van der Waals surface area contributed by atoms with Gasteiger partial charge >= 0.3 is 0 Å². The summed E-state index contributed by atoms with van der Waals surface area (Å²) in [6, 6.07) is 5.72. The summed E-state index contributed by atoms with van der Waals surface area (Å²) in [7, 11) is 1.42. The fourth-order valence-corrected chi connectivity index (χ4v) is 2.09. The van der Waals surface area contributed by atoms with Gasteiger partial charge in [0.25, 0.3) is 5.91 Å². The van der Waals surface area contributed by atoms with Crippen molar-refractivity contribution >= 4 is 17.2 Å². The molecule has 0 aliphatic heterocycles. The highest BCUT2D eigenvalue weighted by Crippen LogP contribution is 2.20. The third kappa shape index (κ3) is 1.93. The van der Waals surface area contributed by atoms with Crippen LogP contribution in [0.15, 0.2) is 36.0 Å². The molecule has 0 bridgehead atoms. The van der Waals surface area contributed by atoms with Crippen LogP contribution in [0.4, 0.5) is 0 Å². The Hall–Kier alpha value is -1.59. The van der Waals surface area contributed by atoms with Gasteiger partial charge in [0.1, 0.15) is 4.88 Å². The van der Waals surface area contributed by atoms with Gasteiger partial charge in [0, 0.05) is 12.4 Å². The van der Waals surface area contributed by atoms with Crippen LogP contribution in [-0.2, 0) is 4.84 Å². The summed E-state index contributed by atoms with van der Waals surface area (Å²) in [6.45, 7) is 0. The molecular weight excluding hydrogens is 212 g/mol. The molecule has 2 aromatic rings. The minimum atomic E-state index is -0.226. The van der Waals surface area contributed by atoms with E-state index in [4.69, 9.17) is 0 Å². The predicted octanol–water partition coefficient (Wildman–Crippen LogP) is 1.83. The Bertz CT molecular complexity index is 448. The highest BCUT2D eigenvalue weighted by molar-refractivity contribution is 7.12. The van der Waals surface area contributed by atoms with E-state index < -0.39 is 0 Å². The Morgan fingerprint density at radius 3 is 2.87 bits per heavy atom. The summed E-state index contributed by atoms with van der Waals surface area (Å²) in [4.78, 5) is 16.8. The summed E-state index contributed by atoms with van der Waals surface area (Å²) >= 11 is 1.38. The van der Waals surface area contributed by atoms with E-state index in [1.54, 1.807) is 0 Å². The maximum absolute atomic E-state index is 11.6. The Balaban J connectivity index is 2.34. The number of rotatable bonds is 3. The van der Waals surface area contributed by atoms with Gasteiger partial charge < -0.3 is 4.57 Å². The van der Waals surface area contributed by atoms with Gasteiger partial charge in [-0.05, 0) is 23.6 Å². The Labute approximate surface area is 91.1 Å². The van der Waals surface area contributed by atoms with E-state index in [0.717, 1.165) is 5.69 Å². The van der Waals surface area contributed by atoms with Crippen LogP contribution in [0, 0.1) is 0 Å². The number of carbonyl (C=O) groups is 1. The molecule has 0 radical (unpaired) electrons. The Morgan fingerprint density at radius 2 is 2.20 bits per heavy atom. The maximum atomic E-state index is 11.6. The Kier molecular flexibility index (Phi) is 2.84. The number of carbonyl (C=O) groups excluding carboxylic acids is 1. The highest BCUT2D eigenvalue weighted by atomic mass is 32.1. The van der Waals surface area contributed by atoms with Gasteiger partial charge in [0.2, 0.25) is 0 Å². The molecule has 0 fully saturated rings. The molecule has 1 amide bonds. The van der Waals surface area contributed by atoms with E-state index in [1.165, 1.54) is 18.4 Å². The van der Waals surface area contributed by atoms with Crippen LogP contribution in [0.2, 0.25) is 0 Å². The van der Waals surface area contributed by atoms with Crippen molar-refractivity contribution in [2.24, 2.45) is 0 Å². The van der Waals surface area contributed by atoms with Crippen LogP contribution in [0.3, 0.4) is 0 Å². The molecule has 0 aromatic carbocycles. The summed E-state index contributed by atoms with van der Waals surface area (Å²) in [6.07, 6.45) is 3.79. The minimum absolute atomic E-state index is 0.226. The molecule has 15 heavy (non-hydrogen) atoms. The van der Waals surface area contributed by atoms with Crippen molar-refractivity contribution in [1.82, 2.24) is 10.0 Å². The molecule has 0 unspecified atom stereocenters. The third-order valence-corrected chi connectivity index (χ3v) is 2.83. The first-order valence-corrected chi connectivity index (χ1v) is 5.25. The largest absolute Gasteiger partial charge is 0.322 e. The van der Waals surface area contributed by atoms with E-state index in [9.17, 15) is 4.79 Å². The molecule has 0 saturated carbocycles. The monoisotopic (exact) mass is 222 g/mol. The van der Waals surface area contributed by atoms with Crippen LogP contribution in [-0.4, -0.2) is 17.6 Å². The summed E-state index contributed by atoms with van der Waals surface area (Å²) in [5, 5.41) is 1.87. The number of nitrogens with one attached hydrogen (secondary N) is 1. The van der Waals surface area contributed by atoms with Gasteiger partial charge in [-0.15, -0.1) is 11.3 Å². The summed E-state index contributed by atoms with van der Waals surface area (Å²) in [5.41, 5.74) is 3.17. The lowest BCUT2D eigenvalue weighted by Gasteiger charge is -2.04. The molecule has 1 N–H and O–H groups in total. The first kappa shape index (κ1) is 9.95. The molecule has 0 aliphatic carbocycles. The van der Waals surface area contributed by atoms with Crippen molar-refractivity contribution in [2.75, 3.05) is 7.11 Å². The highest BCUT2D eigenvalue weighted by Gasteiger charge is 2.13. The van der Waals surface area contributed by atoms with E-state index in [2.05, 4.69) is 10.3 Å². The van der Waals surface area contributed by atoms with Gasteiger partial charge in [0.05, 0.1) is 12.8 Å². The van der Waals surface area contributed by atoms with Crippen molar-refractivity contribution in [1.29, 1.82) is 0 Å². The van der Waals surface area contributed by atoms with E-state index in [-0.39, 0.29) is 5.91 Å². The number of thiophene rings is 1. The molecular formula is C10H10N2O2S. The van der Waals surface area contributed by atoms with Crippen LogP contribution >= 0.6 is 11.3 Å². The minimum Gasteiger partial charge on any atom is -0.322 e. The molecule has 4 nitrogen and oxygen atoms in total. The van der Waals surface area contributed by atoms with Crippen molar-refractivity contribution in [3.63, 3.8) is 0 Å². The zero-order chi connectivity index (χ0) is 10.7. The molecule has 78 valence electrons. The standard InChI is InChI=1S/C10H10N2O2S/c1-14-11-10(13)9-8(4-7-15-9)12-5-2-3-6-12/h2-7H,1H3,(H,11,13). The van der Waals surface area contributed by atoms with Gasteiger partial charge in [-0.1, -0.05) is 0 Å². The second-order valence-electron chi connectivity index (χ2n) is 2.86. The maximum Gasteiger partial charge on any atom is 0.287 e. The average Bonchev–Trinajstić information content (AvgIpc) is 2.88. The topological polar surface area (TPSA) is 43.3 Å². The number of hydrogen-bond acceptors (Lipinski definition) is 3. The van der Waals surface area contributed by atoms with Gasteiger partial charge in [-0.2, -0.15) is 0 Å². The molecule has 0 aliphatic rings. The van der Waals surface area contributed by atoms with Crippen LogP contribution < -0.4 is 5.48 Å². The molecule has 2 rings (SSSR count). The van der Waals surface area contributed by atoms with Crippen molar-refractivity contribution in [3.8, 4) is 5.69 Å². The fourth-order valence-electron chi connectivity index (χ4n) is 1.31. The number of amides is 1. The molecule has 2 aromatic heterocycles. The van der Waals surface area contributed by atoms with Crippen LogP contribution in [0.25, 0.3) is 5.69 Å². The second-order valence-corrected chi connectivity index (χ2v) is 3.78. The van der Waals surface area contributed by atoms with Crippen molar-refractivity contribution < 1.29 is 9.63 Å². The van der Waals surface area contributed by atoms with Crippen LogP contribution in [0.1, 0.15) is 9.67 Å². The molecule has 5 heteroatoms. The lowest BCUT2D eigenvalue weighted by Crippen LogP contribution is -2.21. The molecule has 0 spiro atoms. The lowest BCUT2D eigenvalue weighted by atomic mass is 10.3. The lowest BCUT2D eigenvalue weighted by molar-refractivity contribution is 0.0542. The van der Waals surface area contributed by atoms with E-state index in [1.807, 2.05) is 40.5 Å². The third-order valence-electron chi connectivity index (χ3n) is 1.93.